The molecular formula is C16H25FN2O2. The topological polar surface area (TPSA) is 24.9 Å². The van der Waals surface area contributed by atoms with Crippen molar-refractivity contribution in [2.75, 3.05) is 53.0 Å². The first-order valence-electron chi connectivity index (χ1n) is 7.57. The summed E-state index contributed by atoms with van der Waals surface area (Å²) < 4.78 is 24.0. The van der Waals surface area contributed by atoms with E-state index in [4.69, 9.17) is 9.47 Å². The van der Waals surface area contributed by atoms with E-state index in [-0.39, 0.29) is 5.82 Å². The van der Waals surface area contributed by atoms with Gasteiger partial charge < -0.3 is 9.47 Å². The third-order valence-electron chi connectivity index (χ3n) is 3.84. The normalized spacial score (nSPS) is 17.1. The lowest BCUT2D eigenvalue weighted by Crippen LogP contribution is -2.46. The van der Waals surface area contributed by atoms with Gasteiger partial charge in [0.1, 0.15) is 0 Å². The maximum Gasteiger partial charge on any atom is 0.165 e. The van der Waals surface area contributed by atoms with Gasteiger partial charge in [0.2, 0.25) is 0 Å². The molecule has 0 N–H and O–H groups in total. The highest BCUT2D eigenvalue weighted by Crippen LogP contribution is 2.19. The van der Waals surface area contributed by atoms with Crippen molar-refractivity contribution < 1.29 is 13.9 Å². The summed E-state index contributed by atoms with van der Waals surface area (Å²) in [5, 5.41) is 0. The Balaban J connectivity index is 1.77. The lowest BCUT2D eigenvalue weighted by molar-refractivity contribution is 0.0785. The van der Waals surface area contributed by atoms with Gasteiger partial charge in [-0.25, -0.2) is 4.39 Å². The average molecular weight is 296 g/mol. The Morgan fingerprint density at radius 2 is 1.86 bits per heavy atom. The number of methoxy groups -OCH3 is 1. The summed E-state index contributed by atoms with van der Waals surface area (Å²) in [5.74, 6) is 0.0184. The van der Waals surface area contributed by atoms with Crippen LogP contribution in [0.5, 0.6) is 5.75 Å². The molecule has 0 radical (unpaired) electrons. The second-order valence-corrected chi connectivity index (χ2v) is 5.28. The van der Waals surface area contributed by atoms with Gasteiger partial charge in [-0.15, -0.1) is 0 Å². The summed E-state index contributed by atoms with van der Waals surface area (Å²) in [4.78, 5) is 4.78. The second-order valence-electron chi connectivity index (χ2n) is 5.28. The van der Waals surface area contributed by atoms with Crippen LogP contribution < -0.4 is 4.74 Å². The van der Waals surface area contributed by atoms with Gasteiger partial charge in [0.05, 0.1) is 13.7 Å². The van der Waals surface area contributed by atoms with Crippen LogP contribution in [0.3, 0.4) is 0 Å². The van der Waals surface area contributed by atoms with Crippen molar-refractivity contribution in [2.24, 2.45) is 0 Å². The Morgan fingerprint density at radius 1 is 1.14 bits per heavy atom. The molecule has 1 heterocycles. The van der Waals surface area contributed by atoms with Gasteiger partial charge in [0, 0.05) is 45.9 Å². The van der Waals surface area contributed by atoms with Gasteiger partial charge in [-0.1, -0.05) is 6.07 Å². The van der Waals surface area contributed by atoms with Gasteiger partial charge in [0.25, 0.3) is 0 Å². The lowest BCUT2D eigenvalue weighted by Gasteiger charge is -2.34. The highest BCUT2D eigenvalue weighted by atomic mass is 19.1. The summed E-state index contributed by atoms with van der Waals surface area (Å²) >= 11 is 0. The molecule has 0 amide bonds. The highest BCUT2D eigenvalue weighted by molar-refractivity contribution is 5.29. The van der Waals surface area contributed by atoms with E-state index in [0.717, 1.165) is 58.0 Å². The third-order valence-corrected chi connectivity index (χ3v) is 3.84. The fourth-order valence-electron chi connectivity index (χ4n) is 2.58. The van der Waals surface area contributed by atoms with E-state index in [1.807, 2.05) is 13.0 Å². The summed E-state index contributed by atoms with van der Waals surface area (Å²) in [6.07, 6.45) is 0. The first-order valence-corrected chi connectivity index (χ1v) is 7.57. The Hall–Kier alpha value is -1.17. The number of benzene rings is 1. The summed E-state index contributed by atoms with van der Waals surface area (Å²) in [7, 11) is 1.49. The fourth-order valence-corrected chi connectivity index (χ4v) is 2.58. The van der Waals surface area contributed by atoms with Gasteiger partial charge in [0.15, 0.2) is 11.6 Å². The van der Waals surface area contributed by atoms with E-state index in [9.17, 15) is 4.39 Å². The Kier molecular flexibility index (Phi) is 6.42. The molecular weight excluding hydrogens is 271 g/mol. The summed E-state index contributed by atoms with van der Waals surface area (Å²) in [6, 6.07) is 5.20. The second kappa shape index (κ2) is 8.32. The minimum atomic E-state index is -0.287. The van der Waals surface area contributed by atoms with Crippen molar-refractivity contribution in [2.45, 2.75) is 13.5 Å². The third kappa shape index (κ3) is 4.95. The zero-order valence-electron chi connectivity index (χ0n) is 13.0. The van der Waals surface area contributed by atoms with Gasteiger partial charge in [-0.3, -0.25) is 9.80 Å². The van der Waals surface area contributed by atoms with Gasteiger partial charge >= 0.3 is 0 Å². The number of hydrogen-bond donors (Lipinski definition) is 0. The monoisotopic (exact) mass is 296 g/mol. The number of hydrogen-bond acceptors (Lipinski definition) is 4. The van der Waals surface area contributed by atoms with Crippen molar-refractivity contribution in [1.29, 1.82) is 0 Å². The van der Waals surface area contributed by atoms with Crippen LogP contribution in [0, 0.1) is 5.82 Å². The number of ether oxygens (including phenoxy) is 2. The quantitative estimate of drug-likeness (QED) is 0.719. The summed E-state index contributed by atoms with van der Waals surface area (Å²) in [5.41, 5.74) is 0.996. The van der Waals surface area contributed by atoms with Crippen molar-refractivity contribution in [3.63, 3.8) is 0 Å². The molecule has 1 aromatic rings. The van der Waals surface area contributed by atoms with Crippen molar-refractivity contribution in [3.05, 3.63) is 29.6 Å². The van der Waals surface area contributed by atoms with Crippen LogP contribution in [0.15, 0.2) is 18.2 Å². The maximum absolute atomic E-state index is 13.7. The molecule has 0 unspecified atom stereocenters. The molecule has 0 aromatic heterocycles. The first-order chi connectivity index (χ1) is 10.2. The maximum atomic E-state index is 13.7. The molecule has 1 fully saturated rings. The van der Waals surface area contributed by atoms with Crippen LogP contribution in [0.4, 0.5) is 4.39 Å². The van der Waals surface area contributed by atoms with Crippen LogP contribution in [0.25, 0.3) is 0 Å². The molecule has 21 heavy (non-hydrogen) atoms. The smallest absolute Gasteiger partial charge is 0.165 e. The number of halogens is 1. The molecule has 1 aliphatic rings. The van der Waals surface area contributed by atoms with Gasteiger partial charge in [-0.2, -0.15) is 0 Å². The molecule has 118 valence electrons. The van der Waals surface area contributed by atoms with E-state index < -0.39 is 0 Å². The van der Waals surface area contributed by atoms with Crippen LogP contribution in [-0.2, 0) is 11.3 Å². The van der Waals surface area contributed by atoms with E-state index in [2.05, 4.69) is 9.80 Å². The predicted molar refractivity (Wildman–Crippen MR) is 81.2 cm³/mol. The van der Waals surface area contributed by atoms with E-state index >= 15 is 0 Å². The van der Waals surface area contributed by atoms with Gasteiger partial charge in [-0.05, 0) is 24.6 Å². The molecule has 0 saturated carbocycles. The lowest BCUT2D eigenvalue weighted by atomic mass is 10.2. The zero-order valence-corrected chi connectivity index (χ0v) is 13.0. The van der Waals surface area contributed by atoms with Crippen molar-refractivity contribution in [1.82, 2.24) is 9.80 Å². The predicted octanol–water partition coefficient (Wildman–Crippen LogP) is 1.99. The van der Waals surface area contributed by atoms with Crippen LogP contribution in [0.1, 0.15) is 12.5 Å². The molecule has 0 aliphatic carbocycles. The molecule has 4 nitrogen and oxygen atoms in total. The largest absolute Gasteiger partial charge is 0.494 e. The molecule has 0 atom stereocenters. The highest BCUT2D eigenvalue weighted by Gasteiger charge is 2.17. The first kappa shape index (κ1) is 16.2. The molecule has 1 aliphatic heterocycles. The van der Waals surface area contributed by atoms with Crippen LogP contribution >= 0.6 is 0 Å². The Bertz CT molecular complexity index is 434. The molecule has 1 aromatic carbocycles. The van der Waals surface area contributed by atoms with Crippen LogP contribution in [-0.4, -0.2) is 62.8 Å². The van der Waals surface area contributed by atoms with E-state index in [1.165, 1.54) is 7.11 Å². The number of nitrogens with zero attached hydrogens (tertiary/aromatic N) is 2. The molecule has 0 bridgehead atoms. The standard InChI is InChI=1S/C16H25FN2O2/c1-3-21-11-10-18-6-8-19(9-7-18)13-14-4-5-16(20-2)15(17)12-14/h4-5,12H,3,6-11,13H2,1-2H3. The molecule has 5 heteroatoms. The minimum absolute atomic E-state index is 0.287. The average Bonchev–Trinajstić information content (AvgIpc) is 2.49. The van der Waals surface area contributed by atoms with E-state index in [0.29, 0.717) is 5.75 Å². The molecule has 0 spiro atoms. The SMILES string of the molecule is CCOCCN1CCN(Cc2ccc(OC)c(F)c2)CC1. The minimum Gasteiger partial charge on any atom is -0.494 e. The number of piperazine rings is 1. The number of rotatable bonds is 7. The molecule has 2 rings (SSSR count). The van der Waals surface area contributed by atoms with E-state index in [1.54, 1.807) is 12.1 Å². The van der Waals surface area contributed by atoms with Crippen LogP contribution in [0.2, 0.25) is 0 Å². The van der Waals surface area contributed by atoms with Crippen molar-refractivity contribution in [3.8, 4) is 5.75 Å². The Morgan fingerprint density at radius 3 is 2.48 bits per heavy atom. The fraction of sp³-hybridized carbons (Fsp3) is 0.625. The Labute approximate surface area is 126 Å². The summed E-state index contributed by atoms with van der Waals surface area (Å²) in [6.45, 7) is 9.52. The molecule has 1 saturated heterocycles. The zero-order chi connectivity index (χ0) is 15.1. The van der Waals surface area contributed by atoms with Crippen molar-refractivity contribution >= 4 is 0 Å².